The van der Waals surface area contributed by atoms with Gasteiger partial charge in [-0.1, -0.05) is 75.9 Å². The van der Waals surface area contributed by atoms with Crippen molar-refractivity contribution in [2.75, 3.05) is 0 Å². The van der Waals surface area contributed by atoms with Gasteiger partial charge in [0.15, 0.2) is 0 Å². The molecule has 0 amide bonds. The number of rotatable bonds is 2. The van der Waals surface area contributed by atoms with E-state index in [1.54, 1.807) is 6.08 Å². The molecule has 1 unspecified atom stereocenters. The summed E-state index contributed by atoms with van der Waals surface area (Å²) >= 11 is 0. The maximum absolute atomic E-state index is 14.9. The van der Waals surface area contributed by atoms with Gasteiger partial charge < -0.3 is 0 Å². The molecule has 0 spiro atoms. The molecular formula is C27H29F. The summed E-state index contributed by atoms with van der Waals surface area (Å²) in [5.41, 5.74) is 7.46. The van der Waals surface area contributed by atoms with Gasteiger partial charge in [0.2, 0.25) is 0 Å². The summed E-state index contributed by atoms with van der Waals surface area (Å²) in [7, 11) is 0. The van der Waals surface area contributed by atoms with Crippen LogP contribution in [0.3, 0.4) is 0 Å². The molecule has 1 aromatic rings. The van der Waals surface area contributed by atoms with Crippen LogP contribution in [-0.2, 0) is 5.41 Å². The van der Waals surface area contributed by atoms with Crippen molar-refractivity contribution in [3.05, 3.63) is 94.9 Å². The lowest BCUT2D eigenvalue weighted by Gasteiger charge is -2.41. The first kappa shape index (κ1) is 18.9. The average Bonchev–Trinajstić information content (AvgIpc) is 2.67. The smallest absolute Gasteiger partial charge is 0.123 e. The van der Waals surface area contributed by atoms with E-state index in [9.17, 15) is 4.39 Å². The lowest BCUT2D eigenvalue weighted by atomic mass is 9.62. The van der Waals surface area contributed by atoms with Crippen molar-refractivity contribution in [3.8, 4) is 0 Å². The highest BCUT2D eigenvalue weighted by atomic mass is 19.1. The summed E-state index contributed by atoms with van der Waals surface area (Å²) in [6.45, 7) is 13.2. The van der Waals surface area contributed by atoms with E-state index < -0.39 is 0 Å². The Kier molecular flexibility index (Phi) is 4.45. The molecule has 28 heavy (non-hydrogen) atoms. The quantitative estimate of drug-likeness (QED) is 0.495. The normalized spacial score (nSPS) is 26.1. The highest BCUT2D eigenvalue weighted by molar-refractivity contribution is 5.93. The fourth-order valence-electron chi connectivity index (χ4n) is 5.32. The summed E-state index contributed by atoms with van der Waals surface area (Å²) in [5, 5.41) is 0. The summed E-state index contributed by atoms with van der Waals surface area (Å²) in [6.07, 6.45) is 15.4. The van der Waals surface area contributed by atoms with Crippen LogP contribution in [0.2, 0.25) is 0 Å². The van der Waals surface area contributed by atoms with Gasteiger partial charge in [-0.25, -0.2) is 4.39 Å². The number of halogens is 1. The molecule has 0 radical (unpaired) electrons. The zero-order chi connectivity index (χ0) is 20.1. The van der Waals surface area contributed by atoms with Crippen LogP contribution >= 0.6 is 0 Å². The molecule has 0 aromatic heterocycles. The van der Waals surface area contributed by atoms with Crippen molar-refractivity contribution in [3.63, 3.8) is 0 Å². The van der Waals surface area contributed by atoms with Gasteiger partial charge >= 0.3 is 0 Å². The van der Waals surface area contributed by atoms with Crippen molar-refractivity contribution < 1.29 is 4.39 Å². The molecule has 0 bridgehead atoms. The Morgan fingerprint density at radius 3 is 2.64 bits per heavy atom. The van der Waals surface area contributed by atoms with Crippen molar-refractivity contribution in [1.29, 1.82) is 0 Å². The monoisotopic (exact) mass is 372 g/mol. The minimum atomic E-state index is -0.370. The molecule has 0 saturated carbocycles. The standard InChI is InChI=1S/C27H29F/c1-6-21(27(5)16-8-7-9-17-27)20-13-10-14-22-24(20)18(2)19-12-11-15-23(28)25(19)26(22,3)4/h6-10,13-16H,2,11-12,17H2,1,3-5H3/b21-6+. The highest BCUT2D eigenvalue weighted by Crippen LogP contribution is 2.54. The van der Waals surface area contributed by atoms with Gasteiger partial charge in [0.25, 0.3) is 0 Å². The van der Waals surface area contributed by atoms with Crippen LogP contribution in [0, 0.1) is 5.41 Å². The summed E-state index contributed by atoms with van der Waals surface area (Å²) in [4.78, 5) is 0. The minimum absolute atomic E-state index is 0.0462. The van der Waals surface area contributed by atoms with Crippen LogP contribution in [0.5, 0.6) is 0 Å². The molecule has 4 rings (SSSR count). The van der Waals surface area contributed by atoms with Crippen LogP contribution in [0.4, 0.5) is 4.39 Å². The van der Waals surface area contributed by atoms with Crippen LogP contribution in [0.25, 0.3) is 11.1 Å². The summed E-state index contributed by atoms with van der Waals surface area (Å²) in [5.74, 6) is -0.0676. The van der Waals surface area contributed by atoms with Gasteiger partial charge in [0.1, 0.15) is 5.83 Å². The second kappa shape index (κ2) is 6.58. The van der Waals surface area contributed by atoms with Gasteiger partial charge in [0, 0.05) is 16.4 Å². The van der Waals surface area contributed by atoms with E-state index in [1.165, 1.54) is 22.3 Å². The second-order valence-corrected chi connectivity index (χ2v) is 8.89. The molecular weight excluding hydrogens is 343 g/mol. The molecule has 3 aliphatic rings. The zero-order valence-corrected chi connectivity index (χ0v) is 17.4. The van der Waals surface area contributed by atoms with E-state index in [1.807, 2.05) is 0 Å². The van der Waals surface area contributed by atoms with Crippen LogP contribution < -0.4 is 0 Å². The third kappa shape index (κ3) is 2.64. The molecule has 144 valence electrons. The number of hydrogen-bond donors (Lipinski definition) is 0. The van der Waals surface area contributed by atoms with Crippen molar-refractivity contribution in [2.24, 2.45) is 5.41 Å². The van der Waals surface area contributed by atoms with Crippen molar-refractivity contribution in [2.45, 2.75) is 52.4 Å². The van der Waals surface area contributed by atoms with E-state index >= 15 is 0 Å². The third-order valence-corrected chi connectivity index (χ3v) is 6.73. The van der Waals surface area contributed by atoms with E-state index in [0.717, 1.165) is 36.0 Å². The molecule has 0 saturated heterocycles. The predicted octanol–water partition coefficient (Wildman–Crippen LogP) is 7.86. The number of allylic oxidation sites excluding steroid dienone is 11. The largest absolute Gasteiger partial charge is 0.207 e. The SMILES string of the molecule is C=C1C2=C(C(F)=CCC2)C(C)(C)c2cccc(/C(=C\C)C3(C)C=CC=CC3)c21. The van der Waals surface area contributed by atoms with Crippen LogP contribution in [0.1, 0.15) is 63.6 Å². The fraction of sp³-hybridized carbons (Fsp3) is 0.333. The Labute approximate surface area is 168 Å². The molecule has 1 heteroatoms. The second-order valence-electron chi connectivity index (χ2n) is 8.89. The van der Waals surface area contributed by atoms with E-state index in [2.05, 4.69) is 82.9 Å². The first-order valence-electron chi connectivity index (χ1n) is 10.3. The highest BCUT2D eigenvalue weighted by Gasteiger charge is 2.41. The number of hydrogen-bond acceptors (Lipinski definition) is 0. The Morgan fingerprint density at radius 1 is 1.18 bits per heavy atom. The minimum Gasteiger partial charge on any atom is -0.207 e. The first-order valence-corrected chi connectivity index (χ1v) is 10.3. The lowest BCUT2D eigenvalue weighted by molar-refractivity contribution is 0.532. The van der Waals surface area contributed by atoms with E-state index in [-0.39, 0.29) is 16.7 Å². The number of fused-ring (bicyclic) bond motifs is 1. The predicted molar refractivity (Wildman–Crippen MR) is 119 cm³/mol. The van der Waals surface area contributed by atoms with E-state index in [4.69, 9.17) is 0 Å². The molecule has 1 atom stereocenters. The maximum atomic E-state index is 14.9. The fourth-order valence-corrected chi connectivity index (χ4v) is 5.32. The van der Waals surface area contributed by atoms with Crippen LogP contribution in [0.15, 0.2) is 78.2 Å². The Balaban J connectivity index is 1.95. The Bertz CT molecular complexity index is 1010. The summed E-state index contributed by atoms with van der Waals surface area (Å²) < 4.78 is 14.9. The molecule has 0 nitrogen and oxygen atoms in total. The van der Waals surface area contributed by atoms with Crippen molar-refractivity contribution in [1.82, 2.24) is 0 Å². The first-order chi connectivity index (χ1) is 13.3. The molecule has 0 heterocycles. The van der Waals surface area contributed by atoms with Crippen molar-refractivity contribution >= 4 is 11.1 Å². The summed E-state index contributed by atoms with van der Waals surface area (Å²) in [6, 6.07) is 6.49. The van der Waals surface area contributed by atoms with Gasteiger partial charge in [-0.2, -0.15) is 0 Å². The van der Waals surface area contributed by atoms with Crippen LogP contribution in [-0.4, -0.2) is 0 Å². The number of benzene rings is 1. The maximum Gasteiger partial charge on any atom is 0.123 e. The van der Waals surface area contributed by atoms with E-state index in [0.29, 0.717) is 0 Å². The Morgan fingerprint density at radius 2 is 1.96 bits per heavy atom. The van der Waals surface area contributed by atoms with Gasteiger partial charge in [-0.05, 0) is 65.7 Å². The molecule has 0 aliphatic heterocycles. The molecule has 3 aliphatic carbocycles. The zero-order valence-electron chi connectivity index (χ0n) is 17.4. The Hall–Kier alpha value is -2.41. The average molecular weight is 373 g/mol. The third-order valence-electron chi connectivity index (χ3n) is 6.73. The lowest BCUT2D eigenvalue weighted by Crippen LogP contribution is -2.30. The molecule has 0 N–H and O–H groups in total. The van der Waals surface area contributed by atoms with Gasteiger partial charge in [-0.3, -0.25) is 0 Å². The topological polar surface area (TPSA) is 0 Å². The van der Waals surface area contributed by atoms with Gasteiger partial charge in [0.05, 0.1) is 0 Å². The van der Waals surface area contributed by atoms with Gasteiger partial charge in [-0.15, -0.1) is 0 Å². The molecule has 0 fully saturated rings. The molecule has 1 aromatic carbocycles.